The standard InChI is InChI=1S/C20H34BN3O4/c1-19(2)20(3,4)28-21(27-19)16-14-22-18(23-15-16)26-13-7-9-17-8-5-6-10-24(17)11-12-25/h14-15,17,25H,5-13H2,1-4H3/t17-/m0/s1. The highest BCUT2D eigenvalue weighted by Gasteiger charge is 2.51. The monoisotopic (exact) mass is 391 g/mol. The molecule has 1 N–H and O–H groups in total. The van der Waals surface area contributed by atoms with Crippen molar-refractivity contribution in [2.45, 2.75) is 77.0 Å². The molecule has 156 valence electrons. The highest BCUT2D eigenvalue weighted by Crippen LogP contribution is 2.36. The maximum atomic E-state index is 9.21. The summed E-state index contributed by atoms with van der Waals surface area (Å²) in [7, 11) is -0.456. The molecule has 2 saturated heterocycles. The smallest absolute Gasteiger partial charge is 0.463 e. The minimum absolute atomic E-state index is 0.232. The molecule has 0 aliphatic carbocycles. The number of aliphatic hydroxyl groups excluding tert-OH is 1. The molecule has 2 aliphatic heterocycles. The van der Waals surface area contributed by atoms with Gasteiger partial charge in [0, 0.05) is 30.4 Å². The minimum atomic E-state index is -0.456. The molecule has 0 unspecified atom stereocenters. The lowest BCUT2D eigenvalue weighted by Gasteiger charge is -2.35. The average Bonchev–Trinajstić information content (AvgIpc) is 2.88. The fraction of sp³-hybridized carbons (Fsp3) is 0.800. The van der Waals surface area contributed by atoms with E-state index in [0.29, 0.717) is 18.7 Å². The lowest BCUT2D eigenvalue weighted by molar-refractivity contribution is 0.00578. The SMILES string of the molecule is CC1(C)OB(c2cnc(OCCC[C@@H]3CCCCN3CCO)nc2)OC1(C)C. The lowest BCUT2D eigenvalue weighted by atomic mass is 9.81. The number of nitrogens with zero attached hydrogens (tertiary/aromatic N) is 3. The van der Waals surface area contributed by atoms with Crippen molar-refractivity contribution < 1.29 is 19.2 Å². The first-order valence-electron chi connectivity index (χ1n) is 10.5. The average molecular weight is 391 g/mol. The summed E-state index contributed by atoms with van der Waals surface area (Å²) in [5.41, 5.74) is 0.0407. The summed E-state index contributed by atoms with van der Waals surface area (Å²) >= 11 is 0. The largest absolute Gasteiger partial charge is 0.498 e. The number of piperidine rings is 1. The molecule has 8 heteroatoms. The van der Waals surface area contributed by atoms with Crippen LogP contribution in [0.2, 0.25) is 0 Å². The topological polar surface area (TPSA) is 76.9 Å². The first-order valence-corrected chi connectivity index (χ1v) is 10.5. The molecule has 1 atom stereocenters. The van der Waals surface area contributed by atoms with E-state index in [1.54, 1.807) is 12.4 Å². The van der Waals surface area contributed by atoms with Crippen LogP contribution in [-0.4, -0.2) is 70.6 Å². The zero-order chi connectivity index (χ0) is 20.2. The highest BCUT2D eigenvalue weighted by atomic mass is 16.7. The molecule has 1 aromatic rings. The van der Waals surface area contributed by atoms with E-state index in [4.69, 9.17) is 14.0 Å². The summed E-state index contributed by atoms with van der Waals surface area (Å²) in [5.74, 6) is 0. The summed E-state index contributed by atoms with van der Waals surface area (Å²) in [6.07, 6.45) is 9.18. The normalized spacial score (nSPS) is 24.5. The maximum absolute atomic E-state index is 9.21. The molecule has 0 bridgehead atoms. The first kappa shape index (κ1) is 21.5. The second-order valence-corrected chi connectivity index (χ2v) is 8.79. The third-order valence-electron chi connectivity index (χ3n) is 6.22. The van der Waals surface area contributed by atoms with Gasteiger partial charge < -0.3 is 19.2 Å². The van der Waals surface area contributed by atoms with Crippen LogP contribution in [0.1, 0.15) is 59.8 Å². The van der Waals surface area contributed by atoms with Gasteiger partial charge in [-0.05, 0) is 59.9 Å². The van der Waals surface area contributed by atoms with Crippen LogP contribution in [0.3, 0.4) is 0 Å². The molecule has 7 nitrogen and oxygen atoms in total. The van der Waals surface area contributed by atoms with Crippen LogP contribution in [0.25, 0.3) is 0 Å². The van der Waals surface area contributed by atoms with Crippen LogP contribution in [0, 0.1) is 0 Å². The van der Waals surface area contributed by atoms with Crippen molar-refractivity contribution in [3.8, 4) is 6.01 Å². The fourth-order valence-electron chi connectivity index (χ4n) is 3.79. The number of aromatic nitrogens is 2. The summed E-state index contributed by atoms with van der Waals surface area (Å²) < 4.78 is 17.8. The Morgan fingerprint density at radius 3 is 2.50 bits per heavy atom. The Morgan fingerprint density at radius 2 is 1.86 bits per heavy atom. The van der Waals surface area contributed by atoms with Crippen molar-refractivity contribution in [3.05, 3.63) is 12.4 Å². The van der Waals surface area contributed by atoms with E-state index in [-0.39, 0.29) is 17.8 Å². The lowest BCUT2D eigenvalue weighted by Crippen LogP contribution is -2.41. The van der Waals surface area contributed by atoms with Crippen LogP contribution >= 0.6 is 0 Å². The number of β-amino-alcohol motifs (C(OH)–C–C–N with tert-alkyl or cyclic N) is 1. The van der Waals surface area contributed by atoms with Crippen molar-refractivity contribution in [2.24, 2.45) is 0 Å². The van der Waals surface area contributed by atoms with Gasteiger partial charge in [-0.1, -0.05) is 6.42 Å². The summed E-state index contributed by atoms with van der Waals surface area (Å²) in [5, 5.41) is 9.21. The molecule has 3 heterocycles. The molecule has 1 aromatic heterocycles. The van der Waals surface area contributed by atoms with Crippen LogP contribution < -0.4 is 10.2 Å². The number of ether oxygens (including phenoxy) is 1. The molecular weight excluding hydrogens is 357 g/mol. The molecule has 0 spiro atoms. The van der Waals surface area contributed by atoms with E-state index < -0.39 is 7.12 Å². The predicted molar refractivity (Wildman–Crippen MR) is 109 cm³/mol. The summed E-state index contributed by atoms with van der Waals surface area (Å²) in [6.45, 7) is 10.8. The van der Waals surface area contributed by atoms with E-state index in [2.05, 4.69) is 14.9 Å². The molecule has 2 aliphatic rings. The van der Waals surface area contributed by atoms with Crippen molar-refractivity contribution in [1.29, 1.82) is 0 Å². The van der Waals surface area contributed by atoms with Gasteiger partial charge >= 0.3 is 13.1 Å². The predicted octanol–water partition coefficient (Wildman–Crippen LogP) is 1.78. The van der Waals surface area contributed by atoms with Gasteiger partial charge in [-0.25, -0.2) is 9.97 Å². The summed E-state index contributed by atoms with van der Waals surface area (Å²) in [4.78, 5) is 11.0. The molecular formula is C20H34BN3O4. The first-order chi connectivity index (χ1) is 13.3. The molecule has 0 amide bonds. The van der Waals surface area contributed by atoms with Gasteiger partial charge in [0.25, 0.3) is 0 Å². The fourth-order valence-corrected chi connectivity index (χ4v) is 3.79. The summed E-state index contributed by atoms with van der Waals surface area (Å²) in [6, 6.07) is 0.937. The van der Waals surface area contributed by atoms with Gasteiger partial charge in [-0.15, -0.1) is 0 Å². The number of likely N-dealkylation sites (tertiary alicyclic amines) is 1. The molecule has 3 rings (SSSR count). The van der Waals surface area contributed by atoms with Crippen molar-refractivity contribution in [1.82, 2.24) is 14.9 Å². The molecule has 2 fully saturated rings. The van der Waals surface area contributed by atoms with Gasteiger partial charge in [-0.2, -0.15) is 0 Å². The van der Waals surface area contributed by atoms with Crippen LogP contribution in [-0.2, 0) is 9.31 Å². The molecule has 0 radical (unpaired) electrons. The van der Waals surface area contributed by atoms with E-state index in [1.165, 1.54) is 19.3 Å². The number of aliphatic hydroxyl groups is 1. The quantitative estimate of drug-likeness (QED) is 0.535. The minimum Gasteiger partial charge on any atom is -0.463 e. The Morgan fingerprint density at radius 1 is 1.18 bits per heavy atom. The Hall–Kier alpha value is -1.22. The van der Waals surface area contributed by atoms with Crippen LogP contribution in [0.4, 0.5) is 0 Å². The van der Waals surface area contributed by atoms with E-state index >= 15 is 0 Å². The number of rotatable bonds is 8. The van der Waals surface area contributed by atoms with Gasteiger partial charge in [-0.3, -0.25) is 4.90 Å². The Bertz CT molecular complexity index is 608. The third-order valence-corrected chi connectivity index (χ3v) is 6.22. The van der Waals surface area contributed by atoms with Gasteiger partial charge in [0.05, 0.1) is 24.4 Å². The zero-order valence-corrected chi connectivity index (χ0v) is 17.7. The third kappa shape index (κ3) is 5.03. The zero-order valence-electron chi connectivity index (χ0n) is 17.7. The number of hydrogen-bond donors (Lipinski definition) is 1. The molecule has 0 aromatic carbocycles. The molecule has 28 heavy (non-hydrogen) atoms. The Labute approximate surface area is 168 Å². The van der Waals surface area contributed by atoms with Crippen molar-refractivity contribution >= 4 is 12.6 Å². The van der Waals surface area contributed by atoms with Crippen molar-refractivity contribution in [2.75, 3.05) is 26.3 Å². The molecule has 0 saturated carbocycles. The second-order valence-electron chi connectivity index (χ2n) is 8.79. The van der Waals surface area contributed by atoms with E-state index in [1.807, 2.05) is 27.7 Å². The Kier molecular flexibility index (Phi) is 6.96. The Balaban J connectivity index is 1.44. The van der Waals surface area contributed by atoms with Gasteiger partial charge in [0.1, 0.15) is 0 Å². The second kappa shape index (κ2) is 9.07. The van der Waals surface area contributed by atoms with Crippen LogP contribution in [0.5, 0.6) is 6.01 Å². The van der Waals surface area contributed by atoms with E-state index in [9.17, 15) is 5.11 Å². The van der Waals surface area contributed by atoms with E-state index in [0.717, 1.165) is 31.4 Å². The van der Waals surface area contributed by atoms with Crippen LogP contribution in [0.15, 0.2) is 12.4 Å². The highest BCUT2D eigenvalue weighted by molar-refractivity contribution is 6.61. The number of hydrogen-bond acceptors (Lipinski definition) is 7. The maximum Gasteiger partial charge on any atom is 0.498 e. The van der Waals surface area contributed by atoms with Gasteiger partial charge in [0.2, 0.25) is 0 Å². The van der Waals surface area contributed by atoms with Crippen molar-refractivity contribution in [3.63, 3.8) is 0 Å². The van der Waals surface area contributed by atoms with Gasteiger partial charge in [0.15, 0.2) is 0 Å².